The Hall–Kier alpha value is -5.58. The highest BCUT2D eigenvalue weighted by atomic mass is 16.4. The molecule has 0 rings (SSSR count). The molecule has 0 aromatic carbocycles. The van der Waals surface area contributed by atoms with E-state index >= 15 is 0 Å². The van der Waals surface area contributed by atoms with E-state index < -0.39 is 132 Å². The number of hydrogen-bond donors (Lipinski definition) is 17. The predicted molar refractivity (Wildman–Crippen MR) is 267 cm³/mol. The van der Waals surface area contributed by atoms with Crippen molar-refractivity contribution < 1.29 is 58.2 Å². The Kier molecular flexibility index (Phi) is 35.1. The minimum absolute atomic E-state index is 0.0191. The molecule has 0 fully saturated rings. The van der Waals surface area contributed by atoms with Crippen molar-refractivity contribution in [2.75, 3.05) is 32.7 Å². The minimum atomic E-state index is -1.57. The number of carbonyl (C=O) groups excluding carboxylic acids is 9. The molecule has 0 unspecified atom stereocenters. The molecule has 0 bridgehead atoms. The number of carboxylic acid groups (broad SMARTS) is 1. The molecule has 0 aromatic heterocycles. The predicted octanol–water partition coefficient (Wildman–Crippen LogP) is -5.39. The molecule has 10 atom stereocenters. The summed E-state index contributed by atoms with van der Waals surface area (Å²) in [5, 5.41) is 40.0. The number of nitrogens with one attached hydrogen (secondary N) is 8. The lowest BCUT2D eigenvalue weighted by molar-refractivity contribution is -0.138. The van der Waals surface area contributed by atoms with Crippen molar-refractivity contribution in [1.29, 1.82) is 0 Å². The summed E-state index contributed by atoms with van der Waals surface area (Å²) < 4.78 is 0. The first-order valence-electron chi connectivity index (χ1n) is 25.0. The van der Waals surface area contributed by atoms with E-state index in [0.29, 0.717) is 83.8 Å². The quantitative estimate of drug-likeness (QED) is 0.0254. The second kappa shape index (κ2) is 38.1. The number of carbonyl (C=O) groups is 10. The molecule has 0 aliphatic rings. The monoisotopic (exact) mass is 1030 g/mol. The summed E-state index contributed by atoms with van der Waals surface area (Å²) in [6.07, 6.45) is 2.88. The summed E-state index contributed by atoms with van der Waals surface area (Å²) in [7, 11) is 0. The third kappa shape index (κ3) is 27.9. The number of carboxylic acids is 1. The SMILES string of the molecule is C[C@H](NC(=O)[C@H](C)NC(=O)[C@H](CCC(=O)O)NC(=O)[C@H](CCCCN)NC(=O)[C@H](CCCCN)NC(=O)[C@@H](NC(=O)[C@@H](N)CCCCN)[C@@H](C)O)C(=O)N[C@@H](CCCCN)C(=O)N[C@@H](CCCCN)C(N)=O. The first-order chi connectivity index (χ1) is 34.1. The van der Waals surface area contributed by atoms with Crippen molar-refractivity contribution in [2.24, 2.45) is 40.1 Å². The van der Waals surface area contributed by atoms with Gasteiger partial charge in [-0.05, 0) is 150 Å². The molecule has 0 spiro atoms. The van der Waals surface area contributed by atoms with Crippen molar-refractivity contribution in [2.45, 2.75) is 190 Å². The third-order valence-corrected chi connectivity index (χ3v) is 11.5. The number of nitrogens with two attached hydrogens (primary N) is 7. The normalized spacial score (nSPS) is 15.3. The van der Waals surface area contributed by atoms with Crippen molar-refractivity contribution in [1.82, 2.24) is 42.5 Å². The van der Waals surface area contributed by atoms with Crippen LogP contribution in [0.25, 0.3) is 0 Å². The van der Waals surface area contributed by atoms with Crippen molar-refractivity contribution >= 4 is 59.1 Å². The average Bonchev–Trinajstić information content (AvgIpc) is 3.32. The van der Waals surface area contributed by atoms with E-state index in [1.807, 2.05) is 0 Å². The van der Waals surface area contributed by atoms with Crippen LogP contribution in [0.15, 0.2) is 0 Å². The molecule has 0 aliphatic carbocycles. The van der Waals surface area contributed by atoms with E-state index in [2.05, 4.69) is 42.5 Å². The van der Waals surface area contributed by atoms with E-state index in [4.69, 9.17) is 40.1 Å². The Balaban J connectivity index is 6.25. The zero-order valence-corrected chi connectivity index (χ0v) is 42.3. The van der Waals surface area contributed by atoms with Crippen LogP contribution in [0.2, 0.25) is 0 Å². The van der Waals surface area contributed by atoms with Crippen LogP contribution in [0.5, 0.6) is 0 Å². The number of aliphatic hydroxyl groups is 1. The number of aliphatic carboxylic acids is 1. The van der Waals surface area contributed by atoms with Crippen LogP contribution >= 0.6 is 0 Å². The Labute approximate surface area is 422 Å². The number of aliphatic hydroxyl groups excluding tert-OH is 1. The Morgan fingerprint density at radius 1 is 0.389 bits per heavy atom. The van der Waals surface area contributed by atoms with Crippen LogP contribution in [0, 0.1) is 0 Å². The largest absolute Gasteiger partial charge is 0.481 e. The standard InChI is InChI=1S/C45H87N15O12/c1-26(38(65)53-27(2)39(66)56-31(16-6-11-23-48)42(69)55-30(37(52)64)15-5-10-22-47)54-41(68)34(19-20-35(62)63)58-43(70)32(17-7-12-24-49)57-44(71)33(18-8-13-25-50)59-45(72)36(28(3)61)60-40(67)29(51)14-4-9-21-46/h26-34,36,61H,4-25,46-51H2,1-3H3,(H2,52,64)(H,53,65)(H,54,68)(H,55,69)(H,56,66)(H,57,71)(H,58,70)(H,59,72)(H,60,67)(H,62,63)/t26-,27-,28+,29-,30-,31-,32-,33-,34-,36-/m0/s1. The van der Waals surface area contributed by atoms with Gasteiger partial charge in [-0.3, -0.25) is 47.9 Å². The Morgan fingerprint density at radius 3 is 1.07 bits per heavy atom. The zero-order valence-electron chi connectivity index (χ0n) is 42.3. The molecule has 24 N–H and O–H groups in total. The number of primary amides is 1. The third-order valence-electron chi connectivity index (χ3n) is 11.5. The molecular formula is C45H87N15O12. The maximum Gasteiger partial charge on any atom is 0.303 e. The highest BCUT2D eigenvalue weighted by Crippen LogP contribution is 2.10. The van der Waals surface area contributed by atoms with E-state index in [-0.39, 0.29) is 45.2 Å². The van der Waals surface area contributed by atoms with Gasteiger partial charge in [0.2, 0.25) is 53.2 Å². The summed E-state index contributed by atoms with van der Waals surface area (Å²) in [6, 6.07) is -11.6. The van der Waals surface area contributed by atoms with Gasteiger partial charge in [0.05, 0.1) is 12.1 Å². The van der Waals surface area contributed by atoms with Gasteiger partial charge in [0.15, 0.2) is 0 Å². The van der Waals surface area contributed by atoms with Crippen LogP contribution in [-0.4, -0.2) is 163 Å². The highest BCUT2D eigenvalue weighted by molar-refractivity contribution is 5.98. The second-order valence-corrected chi connectivity index (χ2v) is 17.9. The number of amides is 9. The second-order valence-electron chi connectivity index (χ2n) is 17.9. The van der Waals surface area contributed by atoms with E-state index in [1.165, 1.54) is 20.8 Å². The lowest BCUT2D eigenvalue weighted by atomic mass is 10.0. The van der Waals surface area contributed by atoms with Crippen molar-refractivity contribution in [3.8, 4) is 0 Å². The molecule has 0 radical (unpaired) electrons. The first kappa shape index (κ1) is 66.4. The van der Waals surface area contributed by atoms with Gasteiger partial charge in [0, 0.05) is 6.42 Å². The van der Waals surface area contributed by atoms with E-state index in [1.54, 1.807) is 0 Å². The van der Waals surface area contributed by atoms with Crippen LogP contribution in [-0.2, 0) is 47.9 Å². The van der Waals surface area contributed by atoms with Gasteiger partial charge in [-0.2, -0.15) is 0 Å². The fourth-order valence-corrected chi connectivity index (χ4v) is 7.06. The molecule has 414 valence electrons. The van der Waals surface area contributed by atoms with Crippen LogP contribution < -0.4 is 82.7 Å². The molecule has 0 aromatic rings. The Bertz CT molecular complexity index is 1710. The fraction of sp³-hybridized carbons (Fsp3) is 0.778. The highest BCUT2D eigenvalue weighted by Gasteiger charge is 2.35. The summed E-state index contributed by atoms with van der Waals surface area (Å²) in [5.74, 6) is -8.79. The smallest absolute Gasteiger partial charge is 0.303 e. The Morgan fingerprint density at radius 2 is 0.694 bits per heavy atom. The summed E-state index contributed by atoms with van der Waals surface area (Å²) in [6.45, 7) is 5.42. The summed E-state index contributed by atoms with van der Waals surface area (Å²) in [5.41, 5.74) is 39.5. The van der Waals surface area contributed by atoms with Gasteiger partial charge >= 0.3 is 5.97 Å². The van der Waals surface area contributed by atoms with E-state index in [0.717, 1.165) is 0 Å². The maximum absolute atomic E-state index is 14.0. The van der Waals surface area contributed by atoms with Crippen LogP contribution in [0.1, 0.15) is 130 Å². The summed E-state index contributed by atoms with van der Waals surface area (Å²) in [4.78, 5) is 132. The molecule has 9 amide bonds. The molecule has 0 saturated carbocycles. The fourth-order valence-electron chi connectivity index (χ4n) is 7.06. The van der Waals surface area contributed by atoms with Gasteiger partial charge in [-0.15, -0.1) is 0 Å². The molecular weight excluding hydrogens is 943 g/mol. The van der Waals surface area contributed by atoms with Crippen molar-refractivity contribution in [3.05, 3.63) is 0 Å². The average molecular weight is 1030 g/mol. The van der Waals surface area contributed by atoms with Crippen molar-refractivity contribution in [3.63, 3.8) is 0 Å². The molecule has 27 nitrogen and oxygen atoms in total. The van der Waals surface area contributed by atoms with Crippen LogP contribution in [0.3, 0.4) is 0 Å². The molecule has 72 heavy (non-hydrogen) atoms. The molecule has 27 heteroatoms. The van der Waals surface area contributed by atoms with Gasteiger partial charge in [0.25, 0.3) is 0 Å². The van der Waals surface area contributed by atoms with Gasteiger partial charge in [-0.25, -0.2) is 0 Å². The maximum atomic E-state index is 14.0. The van der Waals surface area contributed by atoms with Gasteiger partial charge < -0.3 is 92.9 Å². The van der Waals surface area contributed by atoms with Gasteiger partial charge in [-0.1, -0.05) is 6.42 Å². The lowest BCUT2D eigenvalue weighted by Crippen LogP contribution is -2.61. The minimum Gasteiger partial charge on any atom is -0.481 e. The first-order valence-corrected chi connectivity index (χ1v) is 25.0. The topological polar surface area (TPSA) is 490 Å². The van der Waals surface area contributed by atoms with E-state index in [9.17, 15) is 58.2 Å². The molecule has 0 aliphatic heterocycles. The molecule has 0 saturated heterocycles. The molecule has 0 heterocycles. The lowest BCUT2D eigenvalue weighted by Gasteiger charge is -2.28. The summed E-state index contributed by atoms with van der Waals surface area (Å²) >= 11 is 0. The zero-order chi connectivity index (χ0) is 54.8. The number of hydrogen-bond acceptors (Lipinski definition) is 17. The number of unbranched alkanes of at least 4 members (excludes halogenated alkanes) is 5. The van der Waals surface area contributed by atoms with Gasteiger partial charge in [0.1, 0.15) is 48.3 Å². The number of rotatable bonds is 41. The van der Waals surface area contributed by atoms with Crippen LogP contribution in [0.4, 0.5) is 0 Å².